The van der Waals surface area contributed by atoms with Crippen LogP contribution in [0.15, 0.2) is 18.2 Å². The zero-order valence-electron chi connectivity index (χ0n) is 14.3. The first-order valence-corrected chi connectivity index (χ1v) is 8.16. The summed E-state index contributed by atoms with van der Waals surface area (Å²) in [5.41, 5.74) is 1.54. The van der Waals surface area contributed by atoms with Crippen LogP contribution in [0.1, 0.15) is 61.2 Å². The zero-order valence-corrected chi connectivity index (χ0v) is 14.3. The number of benzene rings is 1. The number of aliphatic hydroxyl groups excluding tert-OH is 2. The van der Waals surface area contributed by atoms with Crippen LogP contribution in [0.4, 0.5) is 4.79 Å². The second kappa shape index (κ2) is 7.32. The van der Waals surface area contributed by atoms with Crippen molar-refractivity contribution < 1.29 is 24.5 Å². The molecule has 0 saturated carbocycles. The summed E-state index contributed by atoms with van der Waals surface area (Å²) in [7, 11) is 0. The lowest BCUT2D eigenvalue weighted by atomic mass is 9.98. The number of alkyl carbamates (subject to hydrolysis) is 1. The van der Waals surface area contributed by atoms with Gasteiger partial charge in [0, 0.05) is 18.5 Å². The lowest BCUT2D eigenvalue weighted by Gasteiger charge is -2.21. The van der Waals surface area contributed by atoms with Gasteiger partial charge >= 0.3 is 6.09 Å². The first-order chi connectivity index (χ1) is 11.2. The van der Waals surface area contributed by atoms with E-state index in [9.17, 15) is 19.8 Å². The minimum absolute atomic E-state index is 0.0696. The summed E-state index contributed by atoms with van der Waals surface area (Å²) in [6, 6.07) is 5.21. The van der Waals surface area contributed by atoms with E-state index < -0.39 is 23.9 Å². The van der Waals surface area contributed by atoms with Gasteiger partial charge in [-0.15, -0.1) is 0 Å². The van der Waals surface area contributed by atoms with Gasteiger partial charge in [-0.3, -0.25) is 4.79 Å². The Morgan fingerprint density at radius 3 is 2.67 bits per heavy atom. The quantitative estimate of drug-likeness (QED) is 0.766. The van der Waals surface area contributed by atoms with Crippen molar-refractivity contribution >= 4 is 11.9 Å². The van der Waals surface area contributed by atoms with Crippen LogP contribution in [0.2, 0.25) is 0 Å². The van der Waals surface area contributed by atoms with Gasteiger partial charge in [0.25, 0.3) is 0 Å². The number of hydrogen-bond acceptors (Lipinski definition) is 5. The Bertz CT molecular complexity index is 620. The van der Waals surface area contributed by atoms with Crippen molar-refractivity contribution in [3.63, 3.8) is 0 Å². The Hall–Kier alpha value is -1.92. The normalized spacial score (nSPS) is 16.5. The number of nitrogens with one attached hydrogen (secondary N) is 1. The average molecular weight is 335 g/mol. The van der Waals surface area contributed by atoms with E-state index in [1.807, 2.05) is 6.07 Å². The molecule has 2 atom stereocenters. The monoisotopic (exact) mass is 335 g/mol. The van der Waals surface area contributed by atoms with Crippen molar-refractivity contribution in [2.75, 3.05) is 6.54 Å². The van der Waals surface area contributed by atoms with Crippen molar-refractivity contribution in [3.05, 3.63) is 34.9 Å². The van der Waals surface area contributed by atoms with Gasteiger partial charge in [-0.05, 0) is 50.8 Å². The largest absolute Gasteiger partial charge is 0.444 e. The Balaban J connectivity index is 1.86. The molecule has 1 amide bonds. The number of Topliss-reactive ketones (excluding diaryl/α,β-unsaturated/α-hetero) is 1. The van der Waals surface area contributed by atoms with E-state index in [0.29, 0.717) is 17.5 Å². The molecule has 0 radical (unpaired) electrons. The number of fused-ring (bicyclic) bond motifs is 1. The number of ketones is 1. The molecule has 0 spiro atoms. The average Bonchev–Trinajstić information content (AvgIpc) is 2.85. The van der Waals surface area contributed by atoms with E-state index in [0.717, 1.165) is 12.0 Å². The molecule has 0 fully saturated rings. The molecule has 6 nitrogen and oxygen atoms in total. The number of aryl methyl sites for hydroxylation is 1. The minimum Gasteiger partial charge on any atom is -0.444 e. The Kier molecular flexibility index (Phi) is 5.62. The van der Waals surface area contributed by atoms with Crippen molar-refractivity contribution in [2.24, 2.45) is 0 Å². The molecule has 0 bridgehead atoms. The maximum Gasteiger partial charge on any atom is 0.407 e. The van der Waals surface area contributed by atoms with Gasteiger partial charge in [-0.2, -0.15) is 0 Å². The Morgan fingerprint density at radius 2 is 2.00 bits per heavy atom. The van der Waals surface area contributed by atoms with Gasteiger partial charge in [0.15, 0.2) is 5.78 Å². The second-order valence-electron chi connectivity index (χ2n) is 7.07. The molecule has 24 heavy (non-hydrogen) atoms. The SMILES string of the molecule is CC(C)(C)OC(=O)NCCC(O)C(O)c1ccc2c(c1)C(=O)CC2. The number of rotatable bonds is 5. The summed E-state index contributed by atoms with van der Waals surface area (Å²) < 4.78 is 5.10. The molecule has 132 valence electrons. The summed E-state index contributed by atoms with van der Waals surface area (Å²) in [5, 5.41) is 22.9. The molecule has 0 saturated heterocycles. The molecule has 1 aliphatic carbocycles. The second-order valence-corrected chi connectivity index (χ2v) is 7.07. The number of aliphatic hydroxyl groups is 2. The fourth-order valence-corrected chi connectivity index (χ4v) is 2.65. The molecular weight excluding hydrogens is 310 g/mol. The lowest BCUT2D eigenvalue weighted by Crippen LogP contribution is -2.34. The van der Waals surface area contributed by atoms with Crippen LogP contribution < -0.4 is 5.32 Å². The molecule has 1 aromatic carbocycles. The van der Waals surface area contributed by atoms with Crippen LogP contribution in [0.3, 0.4) is 0 Å². The molecule has 1 aliphatic rings. The van der Waals surface area contributed by atoms with Crippen molar-refractivity contribution in [1.29, 1.82) is 0 Å². The number of hydrogen-bond donors (Lipinski definition) is 3. The van der Waals surface area contributed by atoms with Gasteiger partial charge in [0.1, 0.15) is 11.7 Å². The summed E-state index contributed by atoms with van der Waals surface area (Å²) in [6.07, 6.45) is -1.32. The molecule has 0 aliphatic heterocycles. The maximum atomic E-state index is 11.8. The summed E-state index contributed by atoms with van der Waals surface area (Å²) in [5.74, 6) is 0.0696. The maximum absolute atomic E-state index is 11.8. The van der Waals surface area contributed by atoms with Gasteiger partial charge in [0.2, 0.25) is 0 Å². The molecule has 2 rings (SSSR count). The predicted octanol–water partition coefficient (Wildman–Crippen LogP) is 2.12. The molecule has 1 aromatic rings. The van der Waals surface area contributed by atoms with Crippen LogP contribution in [0.5, 0.6) is 0 Å². The summed E-state index contributed by atoms with van der Waals surface area (Å²) >= 11 is 0. The van der Waals surface area contributed by atoms with Crippen LogP contribution >= 0.6 is 0 Å². The third-order valence-electron chi connectivity index (χ3n) is 3.87. The highest BCUT2D eigenvalue weighted by Gasteiger charge is 2.24. The van der Waals surface area contributed by atoms with Crippen LogP contribution in [0, 0.1) is 0 Å². The number of carbonyl (C=O) groups is 2. The number of amides is 1. The molecular formula is C18H25NO5. The number of carbonyl (C=O) groups excluding carboxylic acids is 2. The van der Waals surface area contributed by atoms with Crippen LogP contribution in [0.25, 0.3) is 0 Å². The van der Waals surface area contributed by atoms with Gasteiger partial charge in [-0.1, -0.05) is 12.1 Å². The van der Waals surface area contributed by atoms with Crippen molar-refractivity contribution in [1.82, 2.24) is 5.32 Å². The van der Waals surface area contributed by atoms with E-state index >= 15 is 0 Å². The lowest BCUT2D eigenvalue weighted by molar-refractivity contribution is 0.0122. The molecule has 2 unspecified atom stereocenters. The van der Waals surface area contributed by atoms with Crippen molar-refractivity contribution in [3.8, 4) is 0 Å². The van der Waals surface area contributed by atoms with Crippen LogP contribution in [-0.4, -0.2) is 40.3 Å². The fraction of sp³-hybridized carbons (Fsp3) is 0.556. The van der Waals surface area contributed by atoms with E-state index in [-0.39, 0.29) is 18.7 Å². The Morgan fingerprint density at radius 1 is 1.29 bits per heavy atom. The predicted molar refractivity (Wildman–Crippen MR) is 88.9 cm³/mol. The molecule has 0 aromatic heterocycles. The Labute approximate surface area is 141 Å². The highest BCUT2D eigenvalue weighted by Crippen LogP contribution is 2.27. The third-order valence-corrected chi connectivity index (χ3v) is 3.87. The van der Waals surface area contributed by atoms with Gasteiger partial charge in [-0.25, -0.2) is 4.79 Å². The topological polar surface area (TPSA) is 95.9 Å². The van der Waals surface area contributed by atoms with E-state index in [4.69, 9.17) is 4.74 Å². The van der Waals surface area contributed by atoms with E-state index in [1.54, 1.807) is 32.9 Å². The van der Waals surface area contributed by atoms with Crippen molar-refractivity contribution in [2.45, 2.75) is 57.8 Å². The highest BCUT2D eigenvalue weighted by molar-refractivity contribution is 6.00. The first-order valence-electron chi connectivity index (χ1n) is 8.16. The number of ether oxygens (including phenoxy) is 1. The standard InChI is InChI=1S/C18H25NO5/c1-18(2,3)24-17(23)19-9-8-15(21)16(22)12-5-4-11-6-7-14(20)13(11)10-12/h4-5,10,15-16,21-22H,6-9H2,1-3H3,(H,19,23). The molecule has 3 N–H and O–H groups in total. The zero-order chi connectivity index (χ0) is 17.9. The molecule has 0 heterocycles. The smallest absolute Gasteiger partial charge is 0.407 e. The van der Waals surface area contributed by atoms with E-state index in [2.05, 4.69) is 5.32 Å². The summed E-state index contributed by atoms with van der Waals surface area (Å²) in [6.45, 7) is 5.47. The van der Waals surface area contributed by atoms with Gasteiger partial charge in [0.05, 0.1) is 6.10 Å². The first kappa shape index (κ1) is 18.4. The van der Waals surface area contributed by atoms with Crippen LogP contribution in [-0.2, 0) is 11.2 Å². The fourth-order valence-electron chi connectivity index (χ4n) is 2.65. The van der Waals surface area contributed by atoms with E-state index in [1.165, 1.54) is 0 Å². The third kappa shape index (κ3) is 4.79. The highest BCUT2D eigenvalue weighted by atomic mass is 16.6. The summed E-state index contributed by atoms with van der Waals surface area (Å²) in [4.78, 5) is 23.3. The van der Waals surface area contributed by atoms with Gasteiger partial charge < -0.3 is 20.3 Å². The molecule has 6 heteroatoms. The minimum atomic E-state index is -1.11.